The number of aromatic carboxylic acids is 1. The van der Waals surface area contributed by atoms with Gasteiger partial charge in [0.25, 0.3) is 0 Å². The van der Waals surface area contributed by atoms with Crippen LogP contribution in [0.2, 0.25) is 0 Å². The van der Waals surface area contributed by atoms with Crippen molar-refractivity contribution in [1.82, 2.24) is 0 Å². The van der Waals surface area contributed by atoms with Gasteiger partial charge in [-0.25, -0.2) is 4.79 Å². The average Bonchev–Trinajstić information content (AvgIpc) is 2.32. The van der Waals surface area contributed by atoms with E-state index in [0.29, 0.717) is 10.2 Å². The number of carboxylic acid groups (broad SMARTS) is 1. The fourth-order valence-corrected chi connectivity index (χ4v) is 2.41. The van der Waals surface area contributed by atoms with E-state index < -0.39 is 5.97 Å². The Morgan fingerprint density at radius 1 is 1.22 bits per heavy atom. The number of benzene rings is 2. The average molecular weight is 419 g/mol. The lowest BCUT2D eigenvalue weighted by Crippen LogP contribution is -1.97. The zero-order chi connectivity index (χ0) is 13.1. The molecule has 92 valence electrons. The molecule has 0 saturated heterocycles. The third kappa shape index (κ3) is 3.02. The normalized spacial score (nSPS) is 10.1. The smallest absolute Gasteiger partial charge is 0.336 e. The molecule has 0 fully saturated rings. The summed E-state index contributed by atoms with van der Waals surface area (Å²) in [6.07, 6.45) is 0. The number of carboxylic acids is 1. The summed E-state index contributed by atoms with van der Waals surface area (Å²) in [4.78, 5) is 10.9. The molecule has 0 aliphatic carbocycles. The van der Waals surface area contributed by atoms with Crippen molar-refractivity contribution in [2.24, 2.45) is 0 Å². The molecule has 2 aromatic rings. The van der Waals surface area contributed by atoms with Crippen LogP contribution in [0.4, 0.5) is 0 Å². The number of ether oxygens (including phenoxy) is 1. The lowest BCUT2D eigenvalue weighted by Gasteiger charge is -2.08. The van der Waals surface area contributed by atoms with Crippen LogP contribution < -0.4 is 4.74 Å². The molecule has 0 saturated carbocycles. The first kappa shape index (κ1) is 13.4. The van der Waals surface area contributed by atoms with E-state index in [1.807, 2.05) is 24.3 Å². The molecule has 0 spiro atoms. The van der Waals surface area contributed by atoms with Crippen molar-refractivity contribution < 1.29 is 14.6 Å². The van der Waals surface area contributed by atoms with Crippen LogP contribution in [0.5, 0.6) is 11.5 Å². The molecule has 1 N–H and O–H groups in total. The quantitative estimate of drug-likeness (QED) is 0.744. The Bertz CT molecular complexity index is 599. The highest BCUT2D eigenvalue weighted by molar-refractivity contribution is 14.1. The van der Waals surface area contributed by atoms with Crippen molar-refractivity contribution in [1.29, 1.82) is 0 Å². The number of hydrogen-bond donors (Lipinski definition) is 1. The molecule has 0 heterocycles. The minimum Gasteiger partial charge on any atom is -0.478 e. The lowest BCUT2D eigenvalue weighted by molar-refractivity contribution is 0.0696. The van der Waals surface area contributed by atoms with Crippen molar-refractivity contribution in [3.63, 3.8) is 0 Å². The molecule has 2 rings (SSSR count). The Balaban J connectivity index is 2.29. The van der Waals surface area contributed by atoms with E-state index >= 15 is 0 Å². The van der Waals surface area contributed by atoms with Crippen LogP contribution in [0.15, 0.2) is 46.9 Å². The minimum atomic E-state index is -0.970. The molecule has 0 aliphatic heterocycles. The molecule has 3 nitrogen and oxygen atoms in total. The molecule has 0 bridgehead atoms. The largest absolute Gasteiger partial charge is 0.478 e. The zero-order valence-electron chi connectivity index (χ0n) is 9.06. The van der Waals surface area contributed by atoms with Gasteiger partial charge in [-0.15, -0.1) is 0 Å². The lowest BCUT2D eigenvalue weighted by atomic mass is 10.2. The summed E-state index contributed by atoms with van der Waals surface area (Å²) in [5.41, 5.74) is 0.213. The molecular formula is C13H8BrIO3. The summed E-state index contributed by atoms with van der Waals surface area (Å²) in [5.74, 6) is 0.367. The van der Waals surface area contributed by atoms with E-state index in [0.717, 1.165) is 9.32 Å². The van der Waals surface area contributed by atoms with Crippen LogP contribution in [0.3, 0.4) is 0 Å². The minimum absolute atomic E-state index is 0.213. The van der Waals surface area contributed by atoms with Gasteiger partial charge in [0.1, 0.15) is 11.5 Å². The summed E-state index contributed by atoms with van der Waals surface area (Å²) >= 11 is 5.40. The van der Waals surface area contributed by atoms with Gasteiger partial charge in [0.05, 0.1) is 9.13 Å². The Morgan fingerprint density at radius 3 is 2.56 bits per heavy atom. The molecular weight excluding hydrogens is 411 g/mol. The van der Waals surface area contributed by atoms with Crippen molar-refractivity contribution >= 4 is 44.5 Å². The van der Waals surface area contributed by atoms with Crippen LogP contribution in [0.25, 0.3) is 0 Å². The van der Waals surface area contributed by atoms with Crippen LogP contribution in [-0.4, -0.2) is 11.1 Å². The number of halogens is 2. The van der Waals surface area contributed by atoms with E-state index in [-0.39, 0.29) is 5.56 Å². The standard InChI is InChI=1S/C13H8BrIO3/c14-10-7-8(5-6-9(10)13(16)17)18-12-4-2-1-3-11(12)15/h1-7H,(H,16,17). The summed E-state index contributed by atoms with van der Waals surface area (Å²) < 4.78 is 7.19. The van der Waals surface area contributed by atoms with Crippen molar-refractivity contribution in [3.05, 3.63) is 56.1 Å². The summed E-state index contributed by atoms with van der Waals surface area (Å²) in [6, 6.07) is 12.4. The van der Waals surface area contributed by atoms with Crippen molar-refractivity contribution in [3.8, 4) is 11.5 Å². The van der Waals surface area contributed by atoms with E-state index in [1.165, 1.54) is 6.07 Å². The second-order valence-electron chi connectivity index (χ2n) is 3.48. The van der Waals surface area contributed by atoms with Gasteiger partial charge in [0, 0.05) is 4.47 Å². The van der Waals surface area contributed by atoms with E-state index in [4.69, 9.17) is 9.84 Å². The molecule has 2 aromatic carbocycles. The first-order valence-electron chi connectivity index (χ1n) is 5.03. The predicted molar refractivity (Wildman–Crippen MR) is 80.3 cm³/mol. The number of para-hydroxylation sites is 1. The number of carbonyl (C=O) groups is 1. The van der Waals surface area contributed by atoms with Gasteiger partial charge < -0.3 is 9.84 Å². The topological polar surface area (TPSA) is 46.5 Å². The zero-order valence-corrected chi connectivity index (χ0v) is 12.8. The van der Waals surface area contributed by atoms with Gasteiger partial charge in [0.15, 0.2) is 0 Å². The maximum absolute atomic E-state index is 10.9. The second kappa shape index (κ2) is 5.71. The van der Waals surface area contributed by atoms with Crippen LogP contribution in [0, 0.1) is 3.57 Å². The SMILES string of the molecule is O=C(O)c1ccc(Oc2ccccc2I)cc1Br. The van der Waals surface area contributed by atoms with Crippen molar-refractivity contribution in [2.75, 3.05) is 0 Å². The van der Waals surface area contributed by atoms with Crippen LogP contribution in [0.1, 0.15) is 10.4 Å². The predicted octanol–water partition coefficient (Wildman–Crippen LogP) is 4.54. The highest BCUT2D eigenvalue weighted by Crippen LogP contribution is 2.29. The Morgan fingerprint density at radius 2 is 1.94 bits per heavy atom. The number of rotatable bonds is 3. The summed E-state index contributed by atoms with van der Waals surface area (Å²) in [5, 5.41) is 8.92. The maximum Gasteiger partial charge on any atom is 0.336 e. The molecule has 0 aliphatic rings. The first-order valence-corrected chi connectivity index (χ1v) is 6.90. The monoisotopic (exact) mass is 418 g/mol. The van der Waals surface area contributed by atoms with Crippen LogP contribution >= 0.6 is 38.5 Å². The van der Waals surface area contributed by atoms with Gasteiger partial charge in [0.2, 0.25) is 0 Å². The molecule has 18 heavy (non-hydrogen) atoms. The molecule has 0 radical (unpaired) electrons. The Labute approximate surface area is 126 Å². The number of hydrogen-bond acceptors (Lipinski definition) is 2. The van der Waals surface area contributed by atoms with Gasteiger partial charge in [-0.3, -0.25) is 0 Å². The molecule has 0 aromatic heterocycles. The molecule has 5 heteroatoms. The Hall–Kier alpha value is -1.08. The van der Waals surface area contributed by atoms with Gasteiger partial charge in [-0.1, -0.05) is 12.1 Å². The highest BCUT2D eigenvalue weighted by Gasteiger charge is 2.09. The molecule has 0 atom stereocenters. The van der Waals surface area contributed by atoms with E-state index in [1.54, 1.807) is 12.1 Å². The maximum atomic E-state index is 10.9. The fraction of sp³-hybridized carbons (Fsp3) is 0. The third-order valence-corrected chi connectivity index (χ3v) is 3.78. The summed E-state index contributed by atoms with van der Waals surface area (Å²) in [7, 11) is 0. The van der Waals surface area contributed by atoms with Gasteiger partial charge in [-0.2, -0.15) is 0 Å². The first-order chi connectivity index (χ1) is 8.58. The Kier molecular flexibility index (Phi) is 4.23. The second-order valence-corrected chi connectivity index (χ2v) is 5.50. The third-order valence-electron chi connectivity index (χ3n) is 2.24. The van der Waals surface area contributed by atoms with Gasteiger partial charge >= 0.3 is 5.97 Å². The fourth-order valence-electron chi connectivity index (χ4n) is 1.39. The van der Waals surface area contributed by atoms with Crippen LogP contribution in [-0.2, 0) is 0 Å². The van der Waals surface area contributed by atoms with Crippen molar-refractivity contribution in [2.45, 2.75) is 0 Å². The van der Waals surface area contributed by atoms with E-state index in [2.05, 4.69) is 38.5 Å². The molecule has 0 amide bonds. The highest BCUT2D eigenvalue weighted by atomic mass is 127. The van der Waals surface area contributed by atoms with Gasteiger partial charge in [-0.05, 0) is 68.9 Å². The summed E-state index contributed by atoms with van der Waals surface area (Å²) in [6.45, 7) is 0. The van der Waals surface area contributed by atoms with E-state index in [9.17, 15) is 4.79 Å². The molecule has 0 unspecified atom stereocenters.